The van der Waals surface area contributed by atoms with Gasteiger partial charge in [0.1, 0.15) is 5.75 Å². The van der Waals surface area contributed by atoms with Crippen molar-refractivity contribution in [1.82, 2.24) is 9.78 Å². The molecule has 0 bridgehead atoms. The molecule has 1 aromatic heterocycles. The molecule has 8 heteroatoms. The number of anilines is 1. The van der Waals surface area contributed by atoms with E-state index in [1.165, 1.54) is 17.9 Å². The second-order valence-corrected chi connectivity index (χ2v) is 6.70. The van der Waals surface area contributed by atoms with Crippen LogP contribution in [-0.2, 0) is 16.1 Å². The molecule has 1 amide bonds. The summed E-state index contributed by atoms with van der Waals surface area (Å²) in [4.78, 5) is 36.3. The lowest BCUT2D eigenvalue weighted by molar-refractivity contribution is -0.116. The molecule has 0 fully saturated rings. The van der Waals surface area contributed by atoms with Crippen molar-refractivity contribution in [3.05, 3.63) is 76.6 Å². The van der Waals surface area contributed by atoms with Crippen LogP contribution in [0.1, 0.15) is 23.2 Å². The van der Waals surface area contributed by atoms with E-state index in [1.54, 1.807) is 37.4 Å². The van der Waals surface area contributed by atoms with Crippen molar-refractivity contribution in [2.24, 2.45) is 0 Å². The highest BCUT2D eigenvalue weighted by molar-refractivity contribution is 6.01. The molecular weight excluding hydrogens is 398 g/mol. The fraction of sp³-hybridized carbons (Fsp3) is 0.217. The van der Waals surface area contributed by atoms with Crippen molar-refractivity contribution in [1.29, 1.82) is 0 Å². The molecule has 8 nitrogen and oxygen atoms in total. The zero-order valence-corrected chi connectivity index (χ0v) is 17.3. The van der Waals surface area contributed by atoms with Gasteiger partial charge in [-0.05, 0) is 48.9 Å². The number of aryl methyl sites for hydroxylation is 1. The van der Waals surface area contributed by atoms with Gasteiger partial charge in [0.05, 0.1) is 31.2 Å². The van der Waals surface area contributed by atoms with Crippen molar-refractivity contribution in [2.45, 2.75) is 19.4 Å². The van der Waals surface area contributed by atoms with Gasteiger partial charge in [-0.15, -0.1) is 0 Å². The summed E-state index contributed by atoms with van der Waals surface area (Å²) in [5.41, 5.74) is 1.93. The summed E-state index contributed by atoms with van der Waals surface area (Å²) >= 11 is 0. The van der Waals surface area contributed by atoms with Crippen LogP contribution in [0.25, 0.3) is 11.3 Å². The van der Waals surface area contributed by atoms with Crippen LogP contribution in [0.3, 0.4) is 0 Å². The van der Waals surface area contributed by atoms with Crippen LogP contribution in [0, 0.1) is 0 Å². The highest BCUT2D eigenvalue weighted by Crippen LogP contribution is 2.20. The quantitative estimate of drug-likeness (QED) is 0.561. The predicted octanol–water partition coefficient (Wildman–Crippen LogP) is 3.12. The van der Waals surface area contributed by atoms with Gasteiger partial charge in [0.15, 0.2) is 0 Å². The first-order valence-corrected chi connectivity index (χ1v) is 9.71. The van der Waals surface area contributed by atoms with Crippen LogP contribution < -0.4 is 15.6 Å². The Labute approximate surface area is 179 Å². The normalized spacial score (nSPS) is 10.4. The first-order chi connectivity index (χ1) is 15.0. The molecule has 1 heterocycles. The molecule has 0 aliphatic carbocycles. The van der Waals surface area contributed by atoms with Gasteiger partial charge in [-0.25, -0.2) is 9.48 Å². The van der Waals surface area contributed by atoms with E-state index >= 15 is 0 Å². The molecule has 0 unspecified atom stereocenters. The van der Waals surface area contributed by atoms with E-state index < -0.39 is 5.97 Å². The van der Waals surface area contributed by atoms with E-state index in [0.717, 1.165) is 11.3 Å². The van der Waals surface area contributed by atoms with E-state index in [1.807, 2.05) is 24.3 Å². The predicted molar refractivity (Wildman–Crippen MR) is 116 cm³/mol. The summed E-state index contributed by atoms with van der Waals surface area (Å²) in [5.74, 6) is -0.0606. The molecule has 1 N–H and O–H groups in total. The molecule has 3 aromatic rings. The Hall–Kier alpha value is -3.94. The number of benzene rings is 2. The maximum absolute atomic E-state index is 12.3. The monoisotopic (exact) mass is 421 g/mol. The standard InChI is InChI=1S/C23H23N3O5/c1-30-17-11-9-16(10-12-17)19-13-14-22(28)26(25-19)15-5-8-21(27)24-20-7-4-3-6-18(20)23(29)31-2/h3-4,6-7,9-14H,5,8,15H2,1-2H3,(H,24,27). The summed E-state index contributed by atoms with van der Waals surface area (Å²) in [5, 5.41) is 7.11. The Morgan fingerprint density at radius 2 is 1.74 bits per heavy atom. The molecule has 2 aromatic carbocycles. The minimum absolute atomic E-state index is 0.163. The Balaban J connectivity index is 1.62. The SMILES string of the molecule is COC(=O)c1ccccc1NC(=O)CCCn1nc(-c2ccc(OC)cc2)ccc1=O. The molecule has 0 radical (unpaired) electrons. The number of nitrogens with zero attached hydrogens (tertiary/aromatic N) is 2. The third-order valence-corrected chi connectivity index (χ3v) is 4.63. The molecule has 0 aliphatic rings. The highest BCUT2D eigenvalue weighted by Gasteiger charge is 2.13. The van der Waals surface area contributed by atoms with Crippen LogP contribution in [0.15, 0.2) is 65.5 Å². The van der Waals surface area contributed by atoms with Gasteiger partial charge in [0.2, 0.25) is 5.91 Å². The van der Waals surface area contributed by atoms with Gasteiger partial charge >= 0.3 is 5.97 Å². The van der Waals surface area contributed by atoms with Crippen molar-refractivity contribution in [2.75, 3.05) is 19.5 Å². The zero-order chi connectivity index (χ0) is 22.2. The van der Waals surface area contributed by atoms with Crippen molar-refractivity contribution >= 4 is 17.6 Å². The smallest absolute Gasteiger partial charge is 0.339 e. The van der Waals surface area contributed by atoms with Crippen LogP contribution >= 0.6 is 0 Å². The largest absolute Gasteiger partial charge is 0.497 e. The van der Waals surface area contributed by atoms with E-state index in [4.69, 9.17) is 9.47 Å². The number of carbonyl (C=O) groups excluding carboxylic acids is 2. The average molecular weight is 421 g/mol. The van der Waals surface area contributed by atoms with Crippen LogP contribution in [0.5, 0.6) is 5.75 Å². The summed E-state index contributed by atoms with van der Waals surface area (Å²) in [6.45, 7) is 0.287. The Morgan fingerprint density at radius 3 is 2.45 bits per heavy atom. The number of hydrogen-bond donors (Lipinski definition) is 1. The molecule has 31 heavy (non-hydrogen) atoms. The third-order valence-electron chi connectivity index (χ3n) is 4.63. The average Bonchev–Trinajstić information content (AvgIpc) is 2.80. The third kappa shape index (κ3) is 5.57. The Kier molecular flexibility index (Phi) is 7.16. The van der Waals surface area contributed by atoms with Gasteiger partial charge in [0, 0.05) is 24.6 Å². The number of aromatic nitrogens is 2. The maximum Gasteiger partial charge on any atom is 0.339 e. The Bertz CT molecular complexity index is 1120. The van der Waals surface area contributed by atoms with Gasteiger partial charge in [-0.1, -0.05) is 12.1 Å². The summed E-state index contributed by atoms with van der Waals surface area (Å²) in [7, 11) is 2.88. The molecular formula is C23H23N3O5. The molecule has 160 valence electrons. The highest BCUT2D eigenvalue weighted by atomic mass is 16.5. The van der Waals surface area contributed by atoms with Crippen molar-refractivity contribution in [3.63, 3.8) is 0 Å². The second-order valence-electron chi connectivity index (χ2n) is 6.70. The lowest BCUT2D eigenvalue weighted by Crippen LogP contribution is -2.23. The van der Waals surface area contributed by atoms with Crippen LogP contribution in [0.4, 0.5) is 5.69 Å². The number of nitrogens with one attached hydrogen (secondary N) is 1. The molecule has 0 spiro atoms. The van der Waals surface area contributed by atoms with Gasteiger partial charge in [-0.2, -0.15) is 5.10 Å². The number of hydrogen-bond acceptors (Lipinski definition) is 6. The number of rotatable bonds is 8. The first kappa shape index (κ1) is 21.8. The number of carbonyl (C=O) groups is 2. The minimum atomic E-state index is -0.526. The van der Waals surface area contributed by atoms with Gasteiger partial charge < -0.3 is 14.8 Å². The molecule has 3 rings (SSSR count). The lowest BCUT2D eigenvalue weighted by Gasteiger charge is -2.10. The number of methoxy groups -OCH3 is 2. The fourth-order valence-corrected chi connectivity index (χ4v) is 3.01. The number of amides is 1. The maximum atomic E-state index is 12.3. The molecule has 0 saturated heterocycles. The molecule has 0 aliphatic heterocycles. The van der Waals surface area contributed by atoms with Gasteiger partial charge in [-0.3, -0.25) is 9.59 Å². The summed E-state index contributed by atoms with van der Waals surface area (Å²) in [6, 6.07) is 17.1. The number of para-hydroxylation sites is 1. The van der Waals surface area contributed by atoms with E-state index in [9.17, 15) is 14.4 Å². The lowest BCUT2D eigenvalue weighted by atomic mass is 10.1. The molecule has 0 saturated carbocycles. The Morgan fingerprint density at radius 1 is 1.00 bits per heavy atom. The van der Waals surface area contributed by atoms with E-state index in [0.29, 0.717) is 17.8 Å². The van der Waals surface area contributed by atoms with Crippen molar-refractivity contribution in [3.8, 4) is 17.0 Å². The number of esters is 1. The van der Waals surface area contributed by atoms with E-state index in [-0.39, 0.29) is 30.0 Å². The van der Waals surface area contributed by atoms with Crippen LogP contribution in [0.2, 0.25) is 0 Å². The second kappa shape index (κ2) is 10.2. The van der Waals surface area contributed by atoms with E-state index in [2.05, 4.69) is 10.4 Å². The summed E-state index contributed by atoms with van der Waals surface area (Å²) in [6.07, 6.45) is 0.571. The van der Waals surface area contributed by atoms with Crippen LogP contribution in [-0.4, -0.2) is 35.9 Å². The fourth-order valence-electron chi connectivity index (χ4n) is 3.01. The summed E-state index contributed by atoms with van der Waals surface area (Å²) < 4.78 is 11.2. The van der Waals surface area contributed by atoms with Crippen molar-refractivity contribution < 1.29 is 19.1 Å². The molecule has 0 atom stereocenters. The minimum Gasteiger partial charge on any atom is -0.497 e. The number of ether oxygens (including phenoxy) is 2. The zero-order valence-electron chi connectivity index (χ0n) is 17.3. The van der Waals surface area contributed by atoms with Gasteiger partial charge in [0.25, 0.3) is 5.56 Å². The topological polar surface area (TPSA) is 99.5 Å². The first-order valence-electron chi connectivity index (χ1n) is 9.71.